The molecule has 2 aromatic heterocycles. The second-order valence-electron chi connectivity index (χ2n) is 6.11. The van der Waals surface area contributed by atoms with Gasteiger partial charge in [-0.05, 0) is 43.8 Å². The van der Waals surface area contributed by atoms with Crippen LogP contribution in [-0.2, 0) is 0 Å². The molecule has 1 aromatic carbocycles. The number of pyridine rings is 1. The Morgan fingerprint density at radius 3 is 2.56 bits per heavy atom. The lowest BCUT2D eigenvalue weighted by Crippen LogP contribution is -2.19. The van der Waals surface area contributed by atoms with Gasteiger partial charge in [-0.15, -0.1) is 0 Å². The summed E-state index contributed by atoms with van der Waals surface area (Å²) in [7, 11) is 0. The van der Waals surface area contributed by atoms with Crippen LogP contribution in [0.4, 0.5) is 8.78 Å². The predicted molar refractivity (Wildman–Crippen MR) is 107 cm³/mol. The molecule has 0 aliphatic rings. The maximum absolute atomic E-state index is 13.8. The number of alkyl halides is 2. The van der Waals surface area contributed by atoms with Crippen LogP contribution in [-0.4, -0.2) is 14.5 Å². The van der Waals surface area contributed by atoms with Gasteiger partial charge < -0.3 is 0 Å². The number of halogens is 4. The van der Waals surface area contributed by atoms with E-state index in [0.29, 0.717) is 17.0 Å². The van der Waals surface area contributed by atoms with Crippen molar-refractivity contribution >= 4 is 46.5 Å². The fourth-order valence-corrected chi connectivity index (χ4v) is 3.50. The number of aromatic nitrogens is 3. The molecule has 0 unspecified atom stereocenters. The number of nitrogens with zero attached hydrogens (tertiary/aromatic N) is 2. The highest BCUT2D eigenvalue weighted by atomic mass is 35.5. The topological polar surface area (TPSA) is 50.7 Å². The van der Waals surface area contributed by atoms with E-state index in [2.05, 4.69) is 9.97 Å². The van der Waals surface area contributed by atoms with E-state index in [1.807, 2.05) is 13.8 Å². The number of benzene rings is 1. The van der Waals surface area contributed by atoms with Crippen molar-refractivity contribution in [2.45, 2.75) is 32.7 Å². The number of hydrogen-bond acceptors (Lipinski definition) is 3. The van der Waals surface area contributed by atoms with Crippen molar-refractivity contribution in [2.75, 3.05) is 0 Å². The van der Waals surface area contributed by atoms with Crippen LogP contribution in [0.15, 0.2) is 29.1 Å². The van der Waals surface area contributed by atoms with E-state index in [4.69, 9.17) is 35.4 Å². The molecule has 3 aromatic rings. The third-order valence-corrected chi connectivity index (χ3v) is 5.45. The molecule has 0 spiro atoms. The zero-order valence-electron chi connectivity index (χ0n) is 14.4. The molecular formula is C18H15Cl2F2N3OS. The van der Waals surface area contributed by atoms with E-state index in [9.17, 15) is 13.6 Å². The van der Waals surface area contributed by atoms with E-state index in [0.717, 1.165) is 0 Å². The zero-order valence-corrected chi connectivity index (χ0v) is 16.7. The first-order valence-corrected chi connectivity index (χ1v) is 9.34. The molecule has 0 radical (unpaired) electrons. The van der Waals surface area contributed by atoms with Crippen LogP contribution >= 0.6 is 35.4 Å². The first-order valence-electron chi connectivity index (χ1n) is 8.17. The van der Waals surface area contributed by atoms with E-state index < -0.39 is 17.5 Å². The number of rotatable bonds is 4. The highest BCUT2D eigenvalue weighted by molar-refractivity contribution is 7.71. The Hall–Kier alpha value is -1.83. The van der Waals surface area contributed by atoms with Crippen molar-refractivity contribution in [2.24, 2.45) is 0 Å². The molecule has 1 N–H and O–H groups in total. The number of nitrogens with one attached hydrogen (secondary N) is 1. The van der Waals surface area contributed by atoms with E-state index in [-0.39, 0.29) is 32.6 Å². The summed E-state index contributed by atoms with van der Waals surface area (Å²) in [6.45, 7) is 3.81. The Bertz CT molecular complexity index is 1140. The van der Waals surface area contributed by atoms with Gasteiger partial charge in [0, 0.05) is 17.2 Å². The van der Waals surface area contributed by atoms with Gasteiger partial charge >= 0.3 is 0 Å². The molecule has 0 bridgehead atoms. The van der Waals surface area contributed by atoms with E-state index in [1.165, 1.54) is 6.07 Å². The summed E-state index contributed by atoms with van der Waals surface area (Å²) in [5, 5.41) is 0.455. The highest BCUT2D eigenvalue weighted by Crippen LogP contribution is 2.33. The molecule has 0 aliphatic carbocycles. The first-order chi connectivity index (χ1) is 12.7. The fourth-order valence-electron chi connectivity index (χ4n) is 2.84. The molecule has 0 saturated heterocycles. The van der Waals surface area contributed by atoms with Crippen molar-refractivity contribution in [1.82, 2.24) is 14.5 Å². The second kappa shape index (κ2) is 7.66. The van der Waals surface area contributed by atoms with E-state index >= 15 is 0 Å². The van der Waals surface area contributed by atoms with Crippen LogP contribution in [0, 0.1) is 4.77 Å². The van der Waals surface area contributed by atoms with Gasteiger partial charge in [-0.25, -0.2) is 13.8 Å². The number of hydrogen-bond donors (Lipinski definition) is 1. The third-order valence-electron chi connectivity index (χ3n) is 4.41. The molecule has 1 atom stereocenters. The molecular weight excluding hydrogens is 415 g/mol. The van der Waals surface area contributed by atoms with Gasteiger partial charge in [0.2, 0.25) is 0 Å². The predicted octanol–water partition coefficient (Wildman–Crippen LogP) is 6.34. The molecule has 27 heavy (non-hydrogen) atoms. The van der Waals surface area contributed by atoms with Crippen molar-refractivity contribution < 1.29 is 8.78 Å². The van der Waals surface area contributed by atoms with Crippen molar-refractivity contribution in [3.05, 3.63) is 55.0 Å². The summed E-state index contributed by atoms with van der Waals surface area (Å²) in [6, 6.07) is 5.80. The normalized spacial score (nSPS) is 12.7. The number of fused-ring (bicyclic) bond motifs is 1. The van der Waals surface area contributed by atoms with Crippen LogP contribution in [0.5, 0.6) is 0 Å². The van der Waals surface area contributed by atoms with Crippen molar-refractivity contribution in [3.8, 4) is 11.3 Å². The van der Waals surface area contributed by atoms with E-state index in [1.54, 1.807) is 22.8 Å². The SMILES string of the molecule is CC[C@H](C)n1c(=S)[nH]c(=O)c2c(C(F)F)cc(-c3ccc(Cl)c(Cl)c3)nc21. The van der Waals surface area contributed by atoms with Crippen molar-refractivity contribution in [1.29, 1.82) is 0 Å². The average molecular weight is 430 g/mol. The minimum atomic E-state index is -2.86. The molecule has 0 aliphatic heterocycles. The summed E-state index contributed by atoms with van der Waals surface area (Å²) in [4.78, 5) is 19.4. The van der Waals surface area contributed by atoms with Crippen LogP contribution in [0.2, 0.25) is 10.0 Å². The molecule has 0 fully saturated rings. The summed E-state index contributed by atoms with van der Waals surface area (Å²) < 4.78 is 29.3. The molecule has 9 heteroatoms. The molecule has 3 rings (SSSR count). The Morgan fingerprint density at radius 2 is 1.96 bits per heavy atom. The maximum atomic E-state index is 13.8. The lowest BCUT2D eigenvalue weighted by Gasteiger charge is -2.18. The third kappa shape index (κ3) is 3.63. The molecule has 4 nitrogen and oxygen atoms in total. The fraction of sp³-hybridized carbons (Fsp3) is 0.278. The minimum absolute atomic E-state index is 0.122. The standard InChI is InChI=1S/C18H15Cl2F2N3OS/c1-3-8(2)25-16-14(17(26)24-18(25)27)10(15(21)22)7-13(23-16)9-4-5-11(19)12(20)6-9/h4-8,15H,3H2,1-2H3,(H,24,26,27)/t8-/m0/s1. The summed E-state index contributed by atoms with van der Waals surface area (Å²) in [6.07, 6.45) is -2.18. The Kier molecular flexibility index (Phi) is 5.65. The minimum Gasteiger partial charge on any atom is -0.300 e. The summed E-state index contributed by atoms with van der Waals surface area (Å²) in [5.74, 6) is 0. The zero-order chi connectivity index (χ0) is 19.9. The highest BCUT2D eigenvalue weighted by Gasteiger charge is 2.21. The largest absolute Gasteiger partial charge is 0.300 e. The van der Waals surface area contributed by atoms with Crippen molar-refractivity contribution in [3.63, 3.8) is 0 Å². The maximum Gasteiger partial charge on any atom is 0.264 e. The number of H-pyrrole nitrogens is 1. The van der Waals surface area contributed by atoms with Gasteiger partial charge in [0.25, 0.3) is 12.0 Å². The van der Waals surface area contributed by atoms with Crippen LogP contribution in [0.1, 0.15) is 38.3 Å². The summed E-state index contributed by atoms with van der Waals surface area (Å²) >= 11 is 17.2. The van der Waals surface area contributed by atoms with Gasteiger partial charge in [0.1, 0.15) is 5.65 Å². The quantitative estimate of drug-likeness (QED) is 0.492. The summed E-state index contributed by atoms with van der Waals surface area (Å²) in [5.41, 5.74) is -0.201. The van der Waals surface area contributed by atoms with Gasteiger partial charge in [-0.3, -0.25) is 14.3 Å². The molecule has 0 saturated carbocycles. The Labute approximate surface area is 168 Å². The first kappa shape index (κ1) is 19.9. The molecule has 0 amide bonds. The number of aromatic amines is 1. The lowest BCUT2D eigenvalue weighted by molar-refractivity contribution is 0.153. The molecule has 142 valence electrons. The van der Waals surface area contributed by atoms with Crippen LogP contribution < -0.4 is 5.56 Å². The van der Waals surface area contributed by atoms with Gasteiger partial charge in [-0.1, -0.05) is 36.2 Å². The average Bonchev–Trinajstić information content (AvgIpc) is 2.62. The lowest BCUT2D eigenvalue weighted by atomic mass is 10.1. The van der Waals surface area contributed by atoms with Crippen LogP contribution in [0.25, 0.3) is 22.3 Å². The Morgan fingerprint density at radius 1 is 1.26 bits per heavy atom. The monoisotopic (exact) mass is 429 g/mol. The smallest absolute Gasteiger partial charge is 0.264 e. The van der Waals surface area contributed by atoms with Gasteiger partial charge in [0.05, 0.1) is 21.1 Å². The van der Waals surface area contributed by atoms with Crippen LogP contribution in [0.3, 0.4) is 0 Å². The Balaban J connectivity index is 2.46. The molecule has 2 heterocycles. The second-order valence-corrected chi connectivity index (χ2v) is 7.31. The van der Waals surface area contributed by atoms with Gasteiger partial charge in [0.15, 0.2) is 4.77 Å². The van der Waals surface area contributed by atoms with Gasteiger partial charge in [-0.2, -0.15) is 0 Å².